The van der Waals surface area contributed by atoms with Gasteiger partial charge in [-0.3, -0.25) is 9.38 Å². The van der Waals surface area contributed by atoms with Crippen molar-refractivity contribution in [1.29, 1.82) is 0 Å². The number of hydrogen-bond donors (Lipinski definition) is 0. The summed E-state index contributed by atoms with van der Waals surface area (Å²) < 4.78 is 8.46. The molecule has 18 heavy (non-hydrogen) atoms. The first-order valence-electron chi connectivity index (χ1n) is 5.35. The second kappa shape index (κ2) is 4.73. The van der Waals surface area contributed by atoms with E-state index in [1.807, 2.05) is 34.9 Å². The summed E-state index contributed by atoms with van der Waals surface area (Å²) in [5.74, 6) is 1.46. The Morgan fingerprint density at radius 1 is 1.22 bits per heavy atom. The van der Waals surface area contributed by atoms with E-state index in [4.69, 9.17) is 4.74 Å². The topological polar surface area (TPSA) is 52.3 Å². The summed E-state index contributed by atoms with van der Waals surface area (Å²) in [6.07, 6.45) is 5.28. The van der Waals surface area contributed by atoms with Crippen LogP contribution in [0.5, 0.6) is 5.75 Å². The van der Waals surface area contributed by atoms with Crippen LogP contribution in [0.1, 0.15) is 5.82 Å². The van der Waals surface area contributed by atoms with E-state index in [1.54, 1.807) is 12.4 Å². The quantitative estimate of drug-likeness (QED) is 0.746. The monoisotopic (exact) mass is 304 g/mol. The van der Waals surface area contributed by atoms with Gasteiger partial charge >= 0.3 is 0 Å². The molecule has 0 radical (unpaired) electrons. The predicted molar refractivity (Wildman–Crippen MR) is 69.3 cm³/mol. The number of halogens is 1. The van der Waals surface area contributed by atoms with Crippen molar-refractivity contribution < 1.29 is 4.74 Å². The molecule has 3 aromatic rings. The lowest BCUT2D eigenvalue weighted by molar-refractivity contribution is 0.293. The molecule has 3 rings (SSSR count). The zero-order valence-corrected chi connectivity index (χ0v) is 10.9. The Morgan fingerprint density at radius 3 is 3.00 bits per heavy atom. The maximum atomic E-state index is 5.60. The fraction of sp³-hybridized carbons (Fsp3) is 0.0833. The van der Waals surface area contributed by atoms with Gasteiger partial charge in [-0.15, -0.1) is 10.2 Å². The lowest BCUT2D eigenvalue weighted by Crippen LogP contribution is -2.01. The van der Waals surface area contributed by atoms with Crippen LogP contribution in [0.2, 0.25) is 0 Å². The Kier molecular flexibility index (Phi) is 2.93. The Bertz CT molecular complexity index is 668. The molecule has 0 fully saturated rings. The van der Waals surface area contributed by atoms with Gasteiger partial charge in [-0.1, -0.05) is 0 Å². The maximum Gasteiger partial charge on any atom is 0.175 e. The van der Waals surface area contributed by atoms with Crippen LogP contribution in [0, 0.1) is 0 Å². The molecule has 5 nitrogen and oxygen atoms in total. The van der Waals surface area contributed by atoms with Crippen LogP contribution in [-0.2, 0) is 6.61 Å². The molecule has 0 spiro atoms. The molecule has 0 amide bonds. The summed E-state index contributed by atoms with van der Waals surface area (Å²) in [5, 5.41) is 8.17. The van der Waals surface area contributed by atoms with Crippen molar-refractivity contribution in [2.75, 3.05) is 0 Å². The fourth-order valence-corrected chi connectivity index (χ4v) is 1.93. The van der Waals surface area contributed by atoms with Crippen molar-refractivity contribution in [3.8, 4) is 5.75 Å². The summed E-state index contributed by atoms with van der Waals surface area (Å²) in [7, 11) is 0. The van der Waals surface area contributed by atoms with Crippen LogP contribution >= 0.6 is 15.9 Å². The molecular weight excluding hydrogens is 296 g/mol. The molecule has 0 unspecified atom stereocenters. The molecule has 0 bridgehead atoms. The van der Waals surface area contributed by atoms with Crippen molar-refractivity contribution >= 4 is 21.6 Å². The lowest BCUT2D eigenvalue weighted by atomic mass is 10.4. The fourth-order valence-electron chi connectivity index (χ4n) is 1.59. The zero-order chi connectivity index (χ0) is 12.4. The molecule has 3 heterocycles. The van der Waals surface area contributed by atoms with E-state index in [0.717, 1.165) is 15.9 Å². The molecule has 0 N–H and O–H groups in total. The minimum Gasteiger partial charge on any atom is -0.484 e. The third-order valence-corrected chi connectivity index (χ3v) is 2.91. The number of pyridine rings is 2. The van der Waals surface area contributed by atoms with Gasteiger partial charge in [0.15, 0.2) is 11.5 Å². The van der Waals surface area contributed by atoms with Gasteiger partial charge in [-0.05, 0) is 40.2 Å². The Labute approximate surface area is 112 Å². The summed E-state index contributed by atoms with van der Waals surface area (Å²) >= 11 is 3.42. The van der Waals surface area contributed by atoms with Crippen LogP contribution in [-0.4, -0.2) is 19.6 Å². The third-order valence-electron chi connectivity index (χ3n) is 2.44. The van der Waals surface area contributed by atoms with Gasteiger partial charge in [-0.25, -0.2) is 0 Å². The first kappa shape index (κ1) is 11.2. The largest absolute Gasteiger partial charge is 0.484 e. The molecule has 3 aromatic heterocycles. The smallest absolute Gasteiger partial charge is 0.175 e. The highest BCUT2D eigenvalue weighted by atomic mass is 79.9. The van der Waals surface area contributed by atoms with Crippen molar-refractivity contribution in [1.82, 2.24) is 19.6 Å². The number of ether oxygens (including phenoxy) is 1. The number of nitrogens with zero attached hydrogens (tertiary/aromatic N) is 4. The summed E-state index contributed by atoms with van der Waals surface area (Å²) in [4.78, 5) is 3.99. The van der Waals surface area contributed by atoms with Crippen LogP contribution in [0.4, 0.5) is 0 Å². The number of fused-ring (bicyclic) bond motifs is 1. The van der Waals surface area contributed by atoms with Gasteiger partial charge in [0.05, 0.1) is 6.20 Å². The Morgan fingerprint density at radius 2 is 2.17 bits per heavy atom. The second-order valence-corrected chi connectivity index (χ2v) is 4.58. The van der Waals surface area contributed by atoms with Crippen LogP contribution in [0.15, 0.2) is 47.3 Å². The van der Waals surface area contributed by atoms with Crippen molar-refractivity contribution in [3.63, 3.8) is 0 Å². The van der Waals surface area contributed by atoms with E-state index in [0.29, 0.717) is 12.4 Å². The average molecular weight is 305 g/mol. The first-order chi connectivity index (χ1) is 8.83. The molecule has 0 aliphatic heterocycles. The first-order valence-corrected chi connectivity index (χ1v) is 6.14. The Hall–Kier alpha value is -1.95. The SMILES string of the molecule is Brc1ccc2nnc(COc3cccnc3)n2c1. The Balaban J connectivity index is 1.85. The minimum atomic E-state index is 0.351. The molecule has 90 valence electrons. The van der Waals surface area contributed by atoms with E-state index in [-0.39, 0.29) is 0 Å². The molecule has 0 saturated heterocycles. The highest BCUT2D eigenvalue weighted by molar-refractivity contribution is 9.10. The molecule has 0 aliphatic carbocycles. The van der Waals surface area contributed by atoms with E-state index in [1.165, 1.54) is 0 Å². The molecule has 6 heteroatoms. The summed E-state index contributed by atoms with van der Waals surface area (Å²) in [6.45, 7) is 0.351. The van der Waals surface area contributed by atoms with Gasteiger partial charge in [0, 0.05) is 16.9 Å². The number of aromatic nitrogens is 4. The highest BCUT2D eigenvalue weighted by Gasteiger charge is 2.06. The molecular formula is C12H9BrN4O. The molecule has 0 aromatic carbocycles. The van der Waals surface area contributed by atoms with Crippen LogP contribution < -0.4 is 4.74 Å². The second-order valence-electron chi connectivity index (χ2n) is 3.67. The van der Waals surface area contributed by atoms with Gasteiger partial charge in [0.2, 0.25) is 0 Å². The van der Waals surface area contributed by atoms with Gasteiger partial charge in [-0.2, -0.15) is 0 Å². The van der Waals surface area contributed by atoms with Crippen molar-refractivity contribution in [2.24, 2.45) is 0 Å². The van der Waals surface area contributed by atoms with Gasteiger partial charge in [0.25, 0.3) is 0 Å². The average Bonchev–Trinajstić information content (AvgIpc) is 2.80. The normalized spacial score (nSPS) is 10.7. The highest BCUT2D eigenvalue weighted by Crippen LogP contribution is 2.14. The zero-order valence-electron chi connectivity index (χ0n) is 9.32. The standard InChI is InChI=1S/C12H9BrN4O/c13-9-3-4-11-15-16-12(17(11)7-9)8-18-10-2-1-5-14-6-10/h1-7H,8H2. The predicted octanol–water partition coefficient (Wildman–Crippen LogP) is 2.47. The van der Waals surface area contributed by atoms with Crippen molar-refractivity contribution in [3.05, 3.63) is 53.2 Å². The summed E-state index contributed by atoms with van der Waals surface area (Å²) in [6, 6.07) is 7.50. The molecule has 0 saturated carbocycles. The minimum absolute atomic E-state index is 0.351. The maximum absolute atomic E-state index is 5.60. The summed E-state index contributed by atoms with van der Waals surface area (Å²) in [5.41, 5.74) is 0.794. The number of rotatable bonds is 3. The van der Waals surface area contributed by atoms with E-state index < -0.39 is 0 Å². The van der Waals surface area contributed by atoms with Crippen LogP contribution in [0.3, 0.4) is 0 Å². The van der Waals surface area contributed by atoms with E-state index in [2.05, 4.69) is 31.1 Å². The van der Waals surface area contributed by atoms with Crippen LogP contribution in [0.25, 0.3) is 5.65 Å². The molecule has 0 atom stereocenters. The van der Waals surface area contributed by atoms with E-state index in [9.17, 15) is 0 Å². The van der Waals surface area contributed by atoms with E-state index >= 15 is 0 Å². The number of hydrogen-bond acceptors (Lipinski definition) is 4. The lowest BCUT2D eigenvalue weighted by Gasteiger charge is -2.04. The van der Waals surface area contributed by atoms with Crippen molar-refractivity contribution in [2.45, 2.75) is 6.61 Å². The van der Waals surface area contributed by atoms with Gasteiger partial charge < -0.3 is 4.74 Å². The molecule has 0 aliphatic rings. The van der Waals surface area contributed by atoms with Gasteiger partial charge in [0.1, 0.15) is 12.4 Å². The third kappa shape index (κ3) is 2.19.